The smallest absolute Gasteiger partial charge is 0.175 e. The summed E-state index contributed by atoms with van der Waals surface area (Å²) < 4.78 is 0. The molecule has 2 N–H and O–H groups in total. The van der Waals surface area contributed by atoms with Crippen molar-refractivity contribution in [3.05, 3.63) is 53.6 Å². The number of hydrogen-bond acceptors (Lipinski definition) is 2. The molecule has 1 saturated heterocycles. The number of nitrogens with zero attached hydrogens (tertiary/aromatic N) is 1. The molecule has 1 fully saturated rings. The number of thiocarbonyl (C=S) groups is 1. The van der Waals surface area contributed by atoms with E-state index in [0.717, 1.165) is 24.5 Å². The Hall–Kier alpha value is -1.78. The second kappa shape index (κ2) is 7.66. The lowest BCUT2D eigenvalue weighted by atomic mass is 10.1. The van der Waals surface area contributed by atoms with Crippen molar-refractivity contribution in [2.45, 2.75) is 19.3 Å². The normalized spacial score (nSPS) is 14.4. The van der Waals surface area contributed by atoms with E-state index in [4.69, 9.17) is 23.8 Å². The Morgan fingerprint density at radius 1 is 0.826 bits per heavy atom. The van der Waals surface area contributed by atoms with Crippen molar-refractivity contribution >= 4 is 46.0 Å². The van der Waals surface area contributed by atoms with E-state index in [-0.39, 0.29) is 0 Å². The molecule has 0 amide bonds. The van der Waals surface area contributed by atoms with Crippen LogP contribution < -0.4 is 15.5 Å². The van der Waals surface area contributed by atoms with Crippen LogP contribution in [0.25, 0.3) is 0 Å². The summed E-state index contributed by atoms with van der Waals surface area (Å²) in [6.07, 6.45) is 3.92. The summed E-state index contributed by atoms with van der Waals surface area (Å²) in [4.78, 5) is 2.44. The number of piperidine rings is 1. The second-order valence-electron chi connectivity index (χ2n) is 5.68. The summed E-state index contributed by atoms with van der Waals surface area (Å²) in [6.45, 7) is 2.31. The first-order valence-electron chi connectivity index (χ1n) is 7.89. The average molecular weight is 346 g/mol. The van der Waals surface area contributed by atoms with E-state index < -0.39 is 0 Å². The predicted octanol–water partition coefficient (Wildman–Crippen LogP) is 5.14. The van der Waals surface area contributed by atoms with Crippen LogP contribution in [0.2, 0.25) is 5.02 Å². The van der Waals surface area contributed by atoms with Crippen molar-refractivity contribution in [2.24, 2.45) is 0 Å². The fourth-order valence-electron chi connectivity index (χ4n) is 2.73. The van der Waals surface area contributed by atoms with Gasteiger partial charge in [0.1, 0.15) is 0 Å². The van der Waals surface area contributed by atoms with Gasteiger partial charge in [-0.25, -0.2) is 0 Å². The van der Waals surface area contributed by atoms with Gasteiger partial charge in [-0.3, -0.25) is 0 Å². The van der Waals surface area contributed by atoms with Gasteiger partial charge >= 0.3 is 0 Å². The predicted molar refractivity (Wildman–Crippen MR) is 104 cm³/mol. The van der Waals surface area contributed by atoms with Gasteiger partial charge in [0.15, 0.2) is 5.11 Å². The minimum atomic E-state index is 0.568. The summed E-state index contributed by atoms with van der Waals surface area (Å²) in [7, 11) is 0. The lowest BCUT2D eigenvalue weighted by Crippen LogP contribution is -2.29. The van der Waals surface area contributed by atoms with Crippen molar-refractivity contribution in [3.63, 3.8) is 0 Å². The number of rotatable bonds is 3. The first-order valence-corrected chi connectivity index (χ1v) is 8.68. The van der Waals surface area contributed by atoms with Crippen LogP contribution in [0.4, 0.5) is 17.1 Å². The van der Waals surface area contributed by atoms with Crippen LogP contribution in [0.1, 0.15) is 19.3 Å². The summed E-state index contributed by atoms with van der Waals surface area (Å²) in [6, 6.07) is 15.9. The van der Waals surface area contributed by atoms with Crippen molar-refractivity contribution in [1.29, 1.82) is 0 Å². The maximum absolute atomic E-state index is 5.88. The highest BCUT2D eigenvalue weighted by atomic mass is 35.5. The van der Waals surface area contributed by atoms with Gasteiger partial charge in [-0.05, 0) is 80.0 Å². The highest BCUT2D eigenvalue weighted by molar-refractivity contribution is 7.80. The first-order chi connectivity index (χ1) is 11.2. The van der Waals surface area contributed by atoms with E-state index in [1.165, 1.54) is 24.9 Å². The highest BCUT2D eigenvalue weighted by Gasteiger charge is 2.10. The van der Waals surface area contributed by atoms with Crippen molar-refractivity contribution in [2.75, 3.05) is 28.6 Å². The Morgan fingerprint density at radius 3 is 1.91 bits per heavy atom. The molecule has 3 nitrogen and oxygen atoms in total. The Balaban J connectivity index is 1.57. The summed E-state index contributed by atoms with van der Waals surface area (Å²) in [5, 5.41) is 7.63. The fourth-order valence-corrected chi connectivity index (χ4v) is 3.10. The molecule has 0 bridgehead atoms. The molecule has 3 rings (SSSR count). The van der Waals surface area contributed by atoms with Gasteiger partial charge in [0.25, 0.3) is 0 Å². The number of halogens is 1. The zero-order chi connectivity index (χ0) is 16.1. The van der Waals surface area contributed by atoms with E-state index in [2.05, 4.69) is 39.8 Å². The minimum absolute atomic E-state index is 0.568. The summed E-state index contributed by atoms with van der Waals surface area (Å²) in [5.74, 6) is 0. The van der Waals surface area contributed by atoms with Crippen LogP contribution >= 0.6 is 23.8 Å². The zero-order valence-corrected chi connectivity index (χ0v) is 14.5. The Bertz CT molecular complexity index is 649. The molecule has 0 saturated carbocycles. The molecule has 5 heteroatoms. The molecule has 2 aromatic carbocycles. The van der Waals surface area contributed by atoms with Crippen molar-refractivity contribution in [3.8, 4) is 0 Å². The monoisotopic (exact) mass is 345 g/mol. The summed E-state index contributed by atoms with van der Waals surface area (Å²) in [5.41, 5.74) is 3.18. The Labute approximate surface area is 147 Å². The molecule has 1 heterocycles. The van der Waals surface area contributed by atoms with Crippen LogP contribution in [0.5, 0.6) is 0 Å². The van der Waals surface area contributed by atoms with Crippen LogP contribution in [0.15, 0.2) is 48.5 Å². The summed E-state index contributed by atoms with van der Waals surface area (Å²) >= 11 is 11.2. The molecule has 2 aromatic rings. The third-order valence-corrected chi connectivity index (χ3v) is 4.40. The third-order valence-electron chi connectivity index (χ3n) is 3.95. The molecule has 0 aromatic heterocycles. The molecule has 0 unspecified atom stereocenters. The van der Waals surface area contributed by atoms with Crippen LogP contribution in [-0.2, 0) is 0 Å². The highest BCUT2D eigenvalue weighted by Crippen LogP contribution is 2.22. The first kappa shape index (κ1) is 16.1. The molecule has 0 spiro atoms. The van der Waals surface area contributed by atoms with Gasteiger partial charge in [0.05, 0.1) is 0 Å². The Morgan fingerprint density at radius 2 is 1.35 bits per heavy atom. The van der Waals surface area contributed by atoms with E-state index in [1.807, 2.05) is 24.3 Å². The fraction of sp³-hybridized carbons (Fsp3) is 0.278. The third kappa shape index (κ3) is 4.60. The quantitative estimate of drug-likeness (QED) is 0.753. The largest absolute Gasteiger partial charge is 0.372 e. The molecular formula is C18H20ClN3S. The molecule has 0 aliphatic carbocycles. The van der Waals surface area contributed by atoms with Gasteiger partial charge in [-0.2, -0.15) is 0 Å². The van der Waals surface area contributed by atoms with E-state index in [0.29, 0.717) is 10.1 Å². The van der Waals surface area contributed by atoms with Gasteiger partial charge in [0, 0.05) is 35.2 Å². The van der Waals surface area contributed by atoms with Gasteiger partial charge < -0.3 is 15.5 Å². The molecule has 120 valence electrons. The van der Waals surface area contributed by atoms with Crippen molar-refractivity contribution in [1.82, 2.24) is 0 Å². The van der Waals surface area contributed by atoms with Crippen LogP contribution in [-0.4, -0.2) is 18.2 Å². The average Bonchev–Trinajstić information content (AvgIpc) is 2.58. The SMILES string of the molecule is S=C(Nc1ccc(Cl)cc1)Nc1ccc(N2CCCCC2)cc1. The molecule has 23 heavy (non-hydrogen) atoms. The van der Waals surface area contributed by atoms with Gasteiger partial charge in [-0.15, -0.1) is 0 Å². The standard InChI is InChI=1S/C18H20ClN3S/c19-14-4-6-15(7-5-14)20-18(23)21-16-8-10-17(11-9-16)22-12-2-1-3-13-22/h4-11H,1-3,12-13H2,(H2,20,21,23). The van der Waals surface area contributed by atoms with E-state index >= 15 is 0 Å². The minimum Gasteiger partial charge on any atom is -0.372 e. The maximum atomic E-state index is 5.88. The lowest BCUT2D eigenvalue weighted by molar-refractivity contribution is 0.578. The molecule has 0 atom stereocenters. The zero-order valence-electron chi connectivity index (χ0n) is 12.9. The molecular weight excluding hydrogens is 326 g/mol. The van der Waals surface area contributed by atoms with Crippen LogP contribution in [0.3, 0.4) is 0 Å². The number of nitrogens with one attached hydrogen (secondary N) is 2. The Kier molecular flexibility index (Phi) is 5.36. The van der Waals surface area contributed by atoms with Crippen LogP contribution in [0, 0.1) is 0 Å². The lowest BCUT2D eigenvalue weighted by Gasteiger charge is -2.28. The number of hydrogen-bond donors (Lipinski definition) is 2. The molecule has 1 aliphatic heterocycles. The van der Waals surface area contributed by atoms with Gasteiger partial charge in [0.2, 0.25) is 0 Å². The number of anilines is 3. The van der Waals surface area contributed by atoms with E-state index in [9.17, 15) is 0 Å². The van der Waals surface area contributed by atoms with Gasteiger partial charge in [-0.1, -0.05) is 11.6 Å². The number of benzene rings is 2. The topological polar surface area (TPSA) is 27.3 Å². The molecule has 0 radical (unpaired) electrons. The van der Waals surface area contributed by atoms with Crippen molar-refractivity contribution < 1.29 is 0 Å². The maximum Gasteiger partial charge on any atom is 0.175 e. The van der Waals surface area contributed by atoms with E-state index in [1.54, 1.807) is 0 Å². The molecule has 1 aliphatic rings. The second-order valence-corrected chi connectivity index (χ2v) is 6.53.